The van der Waals surface area contributed by atoms with E-state index in [9.17, 15) is 4.79 Å². The third-order valence-electron chi connectivity index (χ3n) is 3.16. The van der Waals surface area contributed by atoms with Gasteiger partial charge in [-0.25, -0.2) is 0 Å². The molecule has 0 radical (unpaired) electrons. The van der Waals surface area contributed by atoms with Crippen molar-refractivity contribution in [2.75, 3.05) is 18.9 Å². The fourth-order valence-corrected chi connectivity index (χ4v) is 2.70. The van der Waals surface area contributed by atoms with E-state index in [4.69, 9.17) is 4.74 Å². The number of hydrogen-bond acceptors (Lipinski definition) is 3. The van der Waals surface area contributed by atoms with E-state index in [0.29, 0.717) is 18.7 Å². The van der Waals surface area contributed by atoms with Gasteiger partial charge in [0, 0.05) is 22.8 Å². The Morgan fingerprint density at radius 3 is 2.52 bits per heavy atom. The monoisotopic (exact) mass is 327 g/mol. The van der Waals surface area contributed by atoms with E-state index in [2.05, 4.69) is 43.1 Å². The zero-order chi connectivity index (χ0) is 16.5. The SMILES string of the molecule is C=CCOc1ccc(C(=O)NCCSc2ccc(C)cc2)cc1. The minimum absolute atomic E-state index is 0.0650. The van der Waals surface area contributed by atoms with Crippen LogP contribution in [-0.2, 0) is 0 Å². The van der Waals surface area contributed by atoms with Crippen LogP contribution in [0, 0.1) is 6.92 Å². The summed E-state index contributed by atoms with van der Waals surface area (Å²) >= 11 is 1.73. The molecule has 0 aliphatic rings. The quantitative estimate of drug-likeness (QED) is 0.451. The molecule has 0 aliphatic heterocycles. The van der Waals surface area contributed by atoms with Gasteiger partial charge in [0.05, 0.1) is 0 Å². The van der Waals surface area contributed by atoms with Crippen molar-refractivity contribution >= 4 is 17.7 Å². The Morgan fingerprint density at radius 1 is 1.17 bits per heavy atom. The predicted octanol–water partition coefficient (Wildman–Crippen LogP) is 4.08. The molecule has 0 bridgehead atoms. The van der Waals surface area contributed by atoms with Gasteiger partial charge in [0.15, 0.2) is 0 Å². The molecule has 2 rings (SSSR count). The molecule has 0 aliphatic carbocycles. The summed E-state index contributed by atoms with van der Waals surface area (Å²) in [7, 11) is 0. The van der Waals surface area contributed by atoms with E-state index in [1.807, 2.05) is 0 Å². The molecule has 1 N–H and O–H groups in total. The lowest BCUT2D eigenvalue weighted by Gasteiger charge is -2.07. The van der Waals surface area contributed by atoms with E-state index < -0.39 is 0 Å². The summed E-state index contributed by atoms with van der Waals surface area (Å²) in [5.74, 6) is 1.51. The van der Waals surface area contributed by atoms with Crippen molar-refractivity contribution in [3.8, 4) is 5.75 Å². The zero-order valence-corrected chi connectivity index (χ0v) is 14.1. The Labute approximate surface area is 141 Å². The Balaban J connectivity index is 1.73. The molecule has 120 valence electrons. The molecule has 3 nitrogen and oxygen atoms in total. The van der Waals surface area contributed by atoms with Crippen LogP contribution in [0.15, 0.2) is 66.1 Å². The molecule has 0 unspecified atom stereocenters. The number of amides is 1. The summed E-state index contributed by atoms with van der Waals surface area (Å²) in [6, 6.07) is 15.5. The summed E-state index contributed by atoms with van der Waals surface area (Å²) in [5.41, 5.74) is 1.89. The van der Waals surface area contributed by atoms with Gasteiger partial charge in [-0.1, -0.05) is 30.4 Å². The Bertz CT molecular complexity index is 635. The maximum Gasteiger partial charge on any atom is 0.251 e. The molecular formula is C19H21NO2S. The second-order valence-electron chi connectivity index (χ2n) is 5.04. The van der Waals surface area contributed by atoms with Gasteiger partial charge in [-0.3, -0.25) is 4.79 Å². The van der Waals surface area contributed by atoms with Crippen molar-refractivity contribution in [1.82, 2.24) is 5.32 Å². The predicted molar refractivity (Wildman–Crippen MR) is 96.4 cm³/mol. The Morgan fingerprint density at radius 2 is 1.87 bits per heavy atom. The molecule has 2 aromatic rings. The first-order valence-corrected chi connectivity index (χ1v) is 8.49. The van der Waals surface area contributed by atoms with E-state index in [1.165, 1.54) is 10.5 Å². The Hall–Kier alpha value is -2.20. The molecule has 23 heavy (non-hydrogen) atoms. The number of carbonyl (C=O) groups excluding carboxylic acids is 1. The highest BCUT2D eigenvalue weighted by molar-refractivity contribution is 7.99. The average Bonchev–Trinajstić information content (AvgIpc) is 2.58. The molecule has 0 atom stereocenters. The topological polar surface area (TPSA) is 38.3 Å². The van der Waals surface area contributed by atoms with Crippen LogP contribution in [0.5, 0.6) is 5.75 Å². The first-order valence-electron chi connectivity index (χ1n) is 7.50. The van der Waals surface area contributed by atoms with Gasteiger partial charge in [0.25, 0.3) is 5.91 Å². The van der Waals surface area contributed by atoms with Crippen molar-refractivity contribution < 1.29 is 9.53 Å². The van der Waals surface area contributed by atoms with Crippen LogP contribution in [0.4, 0.5) is 0 Å². The summed E-state index contributed by atoms with van der Waals surface area (Å²) in [4.78, 5) is 13.3. The highest BCUT2D eigenvalue weighted by Gasteiger charge is 2.05. The number of hydrogen-bond donors (Lipinski definition) is 1. The maximum atomic E-state index is 12.0. The van der Waals surface area contributed by atoms with Gasteiger partial charge < -0.3 is 10.1 Å². The van der Waals surface area contributed by atoms with Crippen molar-refractivity contribution in [2.24, 2.45) is 0 Å². The van der Waals surface area contributed by atoms with Gasteiger partial charge in [-0.15, -0.1) is 11.8 Å². The largest absolute Gasteiger partial charge is 0.490 e. The van der Waals surface area contributed by atoms with Gasteiger partial charge >= 0.3 is 0 Å². The average molecular weight is 327 g/mol. The van der Waals surface area contributed by atoms with Gasteiger partial charge in [0.2, 0.25) is 0 Å². The van der Waals surface area contributed by atoms with Crippen LogP contribution in [0.2, 0.25) is 0 Å². The van der Waals surface area contributed by atoms with Crippen LogP contribution in [0.1, 0.15) is 15.9 Å². The van der Waals surface area contributed by atoms with Gasteiger partial charge in [-0.2, -0.15) is 0 Å². The molecule has 0 saturated carbocycles. The van der Waals surface area contributed by atoms with Crippen LogP contribution in [-0.4, -0.2) is 24.8 Å². The number of thioether (sulfide) groups is 1. The second kappa shape index (κ2) is 9.06. The first-order chi connectivity index (χ1) is 11.2. The highest BCUT2D eigenvalue weighted by atomic mass is 32.2. The molecule has 0 heterocycles. The van der Waals surface area contributed by atoms with Crippen molar-refractivity contribution in [3.05, 3.63) is 72.3 Å². The normalized spacial score (nSPS) is 10.1. The van der Waals surface area contributed by atoms with Crippen molar-refractivity contribution in [3.63, 3.8) is 0 Å². The minimum atomic E-state index is -0.0650. The number of ether oxygens (including phenoxy) is 1. The standard InChI is InChI=1S/C19H21NO2S/c1-3-13-22-17-8-6-16(7-9-17)19(21)20-12-14-23-18-10-4-15(2)5-11-18/h3-11H,1,12-14H2,2H3,(H,20,21). The van der Waals surface area contributed by atoms with Crippen LogP contribution in [0.25, 0.3) is 0 Å². The summed E-state index contributed by atoms with van der Waals surface area (Å²) in [6.07, 6.45) is 1.69. The fraction of sp³-hybridized carbons (Fsp3) is 0.211. The highest BCUT2D eigenvalue weighted by Crippen LogP contribution is 2.17. The smallest absolute Gasteiger partial charge is 0.251 e. The van der Waals surface area contributed by atoms with Crippen LogP contribution in [0.3, 0.4) is 0 Å². The second-order valence-corrected chi connectivity index (χ2v) is 6.21. The van der Waals surface area contributed by atoms with E-state index in [0.717, 1.165) is 11.5 Å². The molecule has 0 fully saturated rings. The molecule has 0 spiro atoms. The molecule has 2 aromatic carbocycles. The number of nitrogens with one attached hydrogen (secondary N) is 1. The van der Waals surface area contributed by atoms with Crippen molar-refractivity contribution in [1.29, 1.82) is 0 Å². The molecular weight excluding hydrogens is 306 g/mol. The van der Waals surface area contributed by atoms with Crippen LogP contribution >= 0.6 is 11.8 Å². The summed E-state index contributed by atoms with van der Waals surface area (Å²) in [6.45, 7) is 6.76. The number of aryl methyl sites for hydroxylation is 1. The third-order valence-corrected chi connectivity index (χ3v) is 4.18. The maximum absolute atomic E-state index is 12.0. The van der Waals surface area contributed by atoms with Gasteiger partial charge in [-0.05, 0) is 43.3 Å². The fourth-order valence-electron chi connectivity index (χ4n) is 1.93. The number of carbonyl (C=O) groups is 1. The lowest BCUT2D eigenvalue weighted by Crippen LogP contribution is -2.25. The van der Waals surface area contributed by atoms with Gasteiger partial charge in [0.1, 0.15) is 12.4 Å². The van der Waals surface area contributed by atoms with Crippen LogP contribution < -0.4 is 10.1 Å². The summed E-state index contributed by atoms with van der Waals surface area (Å²) < 4.78 is 5.39. The molecule has 1 amide bonds. The Kier molecular flexibility index (Phi) is 6.76. The lowest BCUT2D eigenvalue weighted by molar-refractivity contribution is 0.0956. The number of benzene rings is 2. The molecule has 4 heteroatoms. The first kappa shape index (κ1) is 17.2. The lowest BCUT2D eigenvalue weighted by atomic mass is 10.2. The van der Waals surface area contributed by atoms with E-state index in [-0.39, 0.29) is 5.91 Å². The number of rotatable bonds is 8. The zero-order valence-electron chi connectivity index (χ0n) is 13.2. The molecule has 0 saturated heterocycles. The summed E-state index contributed by atoms with van der Waals surface area (Å²) in [5, 5.41) is 2.93. The van der Waals surface area contributed by atoms with E-state index in [1.54, 1.807) is 42.1 Å². The van der Waals surface area contributed by atoms with E-state index >= 15 is 0 Å². The molecule has 0 aromatic heterocycles. The third kappa shape index (κ3) is 5.83. The minimum Gasteiger partial charge on any atom is -0.490 e. The van der Waals surface area contributed by atoms with Crippen molar-refractivity contribution in [2.45, 2.75) is 11.8 Å².